The van der Waals surface area contributed by atoms with Crippen LogP contribution in [-0.4, -0.2) is 39.3 Å². The van der Waals surface area contributed by atoms with Gasteiger partial charge in [0.15, 0.2) is 0 Å². The Morgan fingerprint density at radius 2 is 2.00 bits per heavy atom. The summed E-state index contributed by atoms with van der Waals surface area (Å²) in [6.45, 7) is 0.0665. The molecule has 0 saturated carbocycles. The summed E-state index contributed by atoms with van der Waals surface area (Å²) < 4.78 is 25.3. The number of carboxylic acids is 1. The molecule has 15 heavy (non-hydrogen) atoms. The van der Waals surface area contributed by atoms with Crippen molar-refractivity contribution in [2.24, 2.45) is 0 Å². The van der Waals surface area contributed by atoms with Crippen LogP contribution in [0.4, 0.5) is 8.78 Å². The van der Waals surface area contributed by atoms with E-state index in [1.807, 2.05) is 15.9 Å². The summed E-state index contributed by atoms with van der Waals surface area (Å²) in [7, 11) is 0. The topological polar surface area (TPSA) is 57.6 Å². The minimum atomic E-state index is -3.68. The molecule has 0 unspecified atom stereocenters. The van der Waals surface area contributed by atoms with E-state index >= 15 is 0 Å². The van der Waals surface area contributed by atoms with Gasteiger partial charge >= 0.3 is 16.7 Å². The molecule has 0 aliphatic carbocycles. The van der Waals surface area contributed by atoms with E-state index in [9.17, 15) is 18.4 Å². The van der Waals surface area contributed by atoms with Gasteiger partial charge < -0.3 is 10.0 Å². The summed E-state index contributed by atoms with van der Waals surface area (Å²) in [6, 6.07) is -1.13. The van der Waals surface area contributed by atoms with Gasteiger partial charge in [-0.2, -0.15) is 8.78 Å². The quantitative estimate of drug-likeness (QED) is 0.781. The number of hydrogen-bond acceptors (Lipinski definition) is 2. The molecule has 1 amide bonds. The third kappa shape index (κ3) is 2.87. The summed E-state index contributed by atoms with van der Waals surface area (Å²) in [5.74, 6) is -2.71. The largest absolute Gasteiger partial charge is 0.480 e. The van der Waals surface area contributed by atoms with Crippen LogP contribution in [0.15, 0.2) is 0 Å². The van der Waals surface area contributed by atoms with Crippen molar-refractivity contribution in [3.8, 4) is 0 Å². The fourth-order valence-corrected chi connectivity index (χ4v) is 1.82. The first-order chi connectivity index (χ1) is 6.84. The van der Waals surface area contributed by atoms with Gasteiger partial charge in [0.05, 0.1) is 0 Å². The number of carboxylic acid groups (broad SMARTS) is 1. The van der Waals surface area contributed by atoms with E-state index in [2.05, 4.69) is 0 Å². The summed E-state index contributed by atoms with van der Waals surface area (Å²) in [5.41, 5.74) is 0. The molecular weight excluding hydrogens is 276 g/mol. The number of carbonyl (C=O) groups is 2. The van der Waals surface area contributed by atoms with E-state index < -0.39 is 22.8 Å². The average Bonchev–Trinajstić information content (AvgIpc) is 2.15. The second-order valence-electron chi connectivity index (χ2n) is 3.35. The Morgan fingerprint density at radius 3 is 2.47 bits per heavy atom. The monoisotopic (exact) mass is 285 g/mol. The molecule has 1 N–H and O–H groups in total. The van der Waals surface area contributed by atoms with E-state index in [0.29, 0.717) is 12.8 Å². The smallest absolute Gasteiger partial charge is 0.378 e. The first-order valence-electron chi connectivity index (χ1n) is 4.44. The lowest BCUT2D eigenvalue weighted by Gasteiger charge is -2.33. The van der Waals surface area contributed by atoms with Crippen LogP contribution in [-0.2, 0) is 9.59 Å². The molecule has 0 aromatic rings. The minimum Gasteiger partial charge on any atom is -0.480 e. The van der Waals surface area contributed by atoms with Crippen LogP contribution in [0.3, 0.4) is 0 Å². The van der Waals surface area contributed by atoms with Gasteiger partial charge in [-0.3, -0.25) is 4.79 Å². The Morgan fingerprint density at radius 1 is 1.40 bits per heavy atom. The first-order valence-corrected chi connectivity index (χ1v) is 5.24. The van der Waals surface area contributed by atoms with Crippen molar-refractivity contribution in [2.45, 2.75) is 30.1 Å². The van der Waals surface area contributed by atoms with Crippen molar-refractivity contribution in [1.29, 1.82) is 0 Å². The highest BCUT2D eigenvalue weighted by Gasteiger charge is 2.44. The van der Waals surface area contributed by atoms with Crippen molar-refractivity contribution in [2.75, 3.05) is 6.54 Å². The number of aliphatic carboxylic acids is 1. The molecule has 0 spiro atoms. The molecule has 1 aliphatic heterocycles. The zero-order valence-electron chi connectivity index (χ0n) is 7.75. The van der Waals surface area contributed by atoms with Gasteiger partial charge in [-0.15, -0.1) is 0 Å². The van der Waals surface area contributed by atoms with E-state index in [1.54, 1.807) is 0 Å². The lowest BCUT2D eigenvalue weighted by Crippen LogP contribution is -2.52. The highest BCUT2D eigenvalue weighted by atomic mass is 79.9. The van der Waals surface area contributed by atoms with Crippen LogP contribution in [0.5, 0.6) is 0 Å². The molecule has 1 aliphatic rings. The van der Waals surface area contributed by atoms with Gasteiger partial charge in [0.25, 0.3) is 0 Å². The third-order valence-electron chi connectivity index (χ3n) is 2.29. The molecule has 1 saturated heterocycles. The predicted octanol–water partition coefficient (Wildman–Crippen LogP) is 1.44. The number of hydrogen-bond donors (Lipinski definition) is 1. The van der Waals surface area contributed by atoms with Crippen LogP contribution in [0.2, 0.25) is 0 Å². The molecule has 0 radical (unpaired) electrons. The van der Waals surface area contributed by atoms with Gasteiger partial charge in [0.1, 0.15) is 6.04 Å². The Kier molecular flexibility index (Phi) is 3.64. The van der Waals surface area contributed by atoms with E-state index in [4.69, 9.17) is 5.11 Å². The van der Waals surface area contributed by atoms with Crippen molar-refractivity contribution >= 4 is 27.8 Å². The van der Waals surface area contributed by atoms with Crippen LogP contribution in [0.1, 0.15) is 19.3 Å². The number of carbonyl (C=O) groups excluding carboxylic acids is 1. The normalized spacial score (nSPS) is 22.6. The molecule has 0 aromatic heterocycles. The lowest BCUT2D eigenvalue weighted by molar-refractivity contribution is -0.159. The molecule has 7 heteroatoms. The zero-order chi connectivity index (χ0) is 11.6. The second-order valence-corrected chi connectivity index (χ2v) is 4.34. The molecule has 1 rings (SSSR count). The third-order valence-corrected chi connectivity index (χ3v) is 2.63. The van der Waals surface area contributed by atoms with Crippen LogP contribution < -0.4 is 0 Å². The first kappa shape index (κ1) is 12.4. The average molecular weight is 286 g/mol. The maximum Gasteiger partial charge on any atom is 0.378 e. The van der Waals surface area contributed by atoms with Gasteiger partial charge in [0, 0.05) is 22.5 Å². The zero-order valence-corrected chi connectivity index (χ0v) is 9.34. The van der Waals surface area contributed by atoms with Crippen molar-refractivity contribution in [3.05, 3.63) is 0 Å². The van der Waals surface area contributed by atoms with Gasteiger partial charge in [-0.1, -0.05) is 0 Å². The number of rotatable bonds is 2. The number of amides is 1. The summed E-state index contributed by atoms with van der Waals surface area (Å²) in [4.78, 5) is 19.0. The van der Waals surface area contributed by atoms with Crippen molar-refractivity contribution < 1.29 is 23.5 Å². The molecule has 4 nitrogen and oxygen atoms in total. The molecule has 86 valence electrons. The second kappa shape index (κ2) is 4.42. The Hall–Kier alpha value is -0.720. The van der Waals surface area contributed by atoms with Gasteiger partial charge in [-0.05, 0) is 19.3 Å². The lowest BCUT2D eigenvalue weighted by atomic mass is 10.0. The maximum atomic E-state index is 12.7. The number of piperidine rings is 1. The Bertz CT molecular complexity index is 280. The summed E-state index contributed by atoms with van der Waals surface area (Å²) in [5, 5.41) is 8.77. The Labute approximate surface area is 93.4 Å². The number of halogens is 3. The van der Waals surface area contributed by atoms with Crippen molar-refractivity contribution in [1.82, 2.24) is 4.90 Å². The van der Waals surface area contributed by atoms with Crippen LogP contribution in [0.25, 0.3) is 0 Å². The summed E-state index contributed by atoms with van der Waals surface area (Å²) >= 11 is 1.94. The minimum absolute atomic E-state index is 0.0665. The standard InChI is InChI=1S/C8H10BrF2NO3/c9-8(10,11)7(15)12-4-2-1-3-5(12)6(13)14/h5H,1-4H2,(H,13,14)/t5-/m1/s1. The van der Waals surface area contributed by atoms with Crippen LogP contribution in [0, 0.1) is 0 Å². The van der Waals surface area contributed by atoms with Crippen LogP contribution >= 0.6 is 15.9 Å². The van der Waals surface area contributed by atoms with E-state index in [1.165, 1.54) is 0 Å². The molecule has 0 bridgehead atoms. The van der Waals surface area contributed by atoms with Gasteiger partial charge in [0.2, 0.25) is 0 Å². The summed E-state index contributed by atoms with van der Waals surface area (Å²) in [6.07, 6.45) is 1.41. The fourth-order valence-electron chi connectivity index (χ4n) is 1.59. The van der Waals surface area contributed by atoms with Gasteiger partial charge in [-0.25, -0.2) is 4.79 Å². The SMILES string of the molecule is O=C(O)[C@H]1CCCCN1C(=O)C(F)(F)Br. The molecule has 1 heterocycles. The highest BCUT2D eigenvalue weighted by Crippen LogP contribution is 2.28. The maximum absolute atomic E-state index is 12.7. The molecule has 1 atom stereocenters. The Balaban J connectivity index is 2.81. The number of alkyl halides is 3. The number of likely N-dealkylation sites (tertiary alicyclic amines) is 1. The van der Waals surface area contributed by atoms with E-state index in [0.717, 1.165) is 4.90 Å². The van der Waals surface area contributed by atoms with Crippen molar-refractivity contribution in [3.63, 3.8) is 0 Å². The highest BCUT2D eigenvalue weighted by molar-refractivity contribution is 9.10. The molecule has 1 fully saturated rings. The predicted molar refractivity (Wildman–Crippen MR) is 50.9 cm³/mol. The molecular formula is C8H10BrF2NO3. The molecule has 0 aromatic carbocycles. The number of nitrogens with zero attached hydrogens (tertiary/aromatic N) is 1. The van der Waals surface area contributed by atoms with E-state index in [-0.39, 0.29) is 13.0 Å². The fraction of sp³-hybridized carbons (Fsp3) is 0.750.